The summed E-state index contributed by atoms with van der Waals surface area (Å²) in [4.78, 5) is 32.6. The molecule has 10 heteroatoms. The number of fused-ring (bicyclic) bond motifs is 1. The van der Waals surface area contributed by atoms with E-state index in [-0.39, 0.29) is 36.3 Å². The van der Waals surface area contributed by atoms with Crippen molar-refractivity contribution in [3.8, 4) is 17.2 Å². The molecular formula is C37H37FN2O6S. The third-order valence-electron chi connectivity index (χ3n) is 7.44. The van der Waals surface area contributed by atoms with Crippen molar-refractivity contribution in [1.29, 1.82) is 0 Å². The monoisotopic (exact) mass is 656 g/mol. The normalized spacial score (nSPS) is 14.4. The van der Waals surface area contributed by atoms with Crippen LogP contribution in [0.2, 0.25) is 0 Å². The van der Waals surface area contributed by atoms with Crippen LogP contribution in [0.15, 0.2) is 94.4 Å². The zero-order chi connectivity index (χ0) is 33.7. The summed E-state index contributed by atoms with van der Waals surface area (Å²) in [7, 11) is 1.55. The molecule has 0 radical (unpaired) electrons. The molecule has 4 aromatic rings. The first kappa shape index (κ1) is 33.4. The lowest BCUT2D eigenvalue weighted by Gasteiger charge is -2.25. The van der Waals surface area contributed by atoms with E-state index in [0.29, 0.717) is 44.3 Å². The van der Waals surface area contributed by atoms with E-state index in [1.54, 1.807) is 61.9 Å². The predicted molar refractivity (Wildman–Crippen MR) is 180 cm³/mol. The van der Waals surface area contributed by atoms with E-state index >= 15 is 0 Å². The fraction of sp³-hybridized carbons (Fsp3) is 0.270. The maximum Gasteiger partial charge on any atom is 0.338 e. The molecule has 0 spiro atoms. The highest BCUT2D eigenvalue weighted by molar-refractivity contribution is 7.07. The molecule has 1 aliphatic rings. The summed E-state index contributed by atoms with van der Waals surface area (Å²) in [5, 5.41) is 0. The van der Waals surface area contributed by atoms with Crippen molar-refractivity contribution >= 4 is 23.4 Å². The van der Waals surface area contributed by atoms with E-state index in [1.807, 2.05) is 38.1 Å². The smallest absolute Gasteiger partial charge is 0.338 e. The van der Waals surface area contributed by atoms with Crippen LogP contribution in [0, 0.1) is 5.82 Å². The molecule has 0 unspecified atom stereocenters. The van der Waals surface area contributed by atoms with Gasteiger partial charge in [-0.2, -0.15) is 0 Å². The molecule has 0 bridgehead atoms. The van der Waals surface area contributed by atoms with E-state index in [1.165, 1.54) is 23.5 Å². The van der Waals surface area contributed by atoms with Gasteiger partial charge in [0.15, 0.2) is 16.3 Å². The van der Waals surface area contributed by atoms with Gasteiger partial charge in [-0.1, -0.05) is 41.7 Å². The lowest BCUT2D eigenvalue weighted by molar-refractivity contribution is -0.139. The van der Waals surface area contributed by atoms with Crippen LogP contribution in [0.4, 0.5) is 4.39 Å². The van der Waals surface area contributed by atoms with Crippen LogP contribution >= 0.6 is 11.3 Å². The molecule has 0 saturated carbocycles. The lowest BCUT2D eigenvalue weighted by Crippen LogP contribution is -2.40. The molecule has 1 aliphatic heterocycles. The number of thiazole rings is 1. The first-order valence-electron chi connectivity index (χ1n) is 15.3. The SMILES string of the molecule is C=CCc1cc(/C=c2\sc3n(c2=O)[C@H](c2ccc(OC(C)C)c(OC)c2)C(C(=O)OCC)=C(C)N=3)ccc1OCc1ccc(F)cc1. The van der Waals surface area contributed by atoms with Crippen molar-refractivity contribution in [2.24, 2.45) is 4.99 Å². The number of allylic oxidation sites excluding steroid dienone is 2. The lowest BCUT2D eigenvalue weighted by atomic mass is 9.95. The summed E-state index contributed by atoms with van der Waals surface area (Å²) in [6.45, 7) is 11.7. The van der Waals surface area contributed by atoms with Crippen LogP contribution in [-0.2, 0) is 22.6 Å². The van der Waals surface area contributed by atoms with Crippen LogP contribution in [0.5, 0.6) is 17.2 Å². The van der Waals surface area contributed by atoms with Gasteiger partial charge in [-0.25, -0.2) is 14.2 Å². The maximum absolute atomic E-state index is 14.1. The van der Waals surface area contributed by atoms with Crippen molar-refractivity contribution in [2.45, 2.75) is 52.9 Å². The second kappa shape index (κ2) is 14.6. The quantitative estimate of drug-likeness (QED) is 0.137. The number of esters is 1. The Bertz CT molecular complexity index is 2010. The summed E-state index contributed by atoms with van der Waals surface area (Å²) < 4.78 is 38.3. The van der Waals surface area contributed by atoms with Gasteiger partial charge in [0.2, 0.25) is 0 Å². The zero-order valence-electron chi connectivity index (χ0n) is 27.0. The number of benzene rings is 3. The van der Waals surface area contributed by atoms with Crippen molar-refractivity contribution < 1.29 is 28.1 Å². The van der Waals surface area contributed by atoms with E-state index < -0.39 is 12.0 Å². The Morgan fingerprint density at radius 3 is 2.51 bits per heavy atom. The standard InChI is InChI=1S/C37H37FN2O6S/c1-7-9-26-18-25(12-16-29(26)45-21-24-10-14-28(38)15-11-24)19-32-35(41)40-34(27-13-17-30(46-22(3)4)31(20-27)43-6)33(36(42)44-8-2)23(5)39-37(40)47-32/h7,10-20,22,34H,1,8-9,21H2,2-6H3/b32-19-/t34-/m1/s1. The molecule has 244 valence electrons. The third kappa shape index (κ3) is 7.38. The molecule has 0 aliphatic carbocycles. The number of methoxy groups -OCH3 is 1. The molecule has 0 N–H and O–H groups in total. The predicted octanol–water partition coefficient (Wildman–Crippen LogP) is 6.04. The molecule has 1 aromatic heterocycles. The number of carbonyl (C=O) groups is 1. The van der Waals surface area contributed by atoms with E-state index in [9.17, 15) is 14.0 Å². The number of hydrogen-bond acceptors (Lipinski definition) is 8. The summed E-state index contributed by atoms with van der Waals surface area (Å²) in [6, 6.07) is 16.4. The van der Waals surface area contributed by atoms with Crippen molar-refractivity contribution in [2.75, 3.05) is 13.7 Å². The molecule has 0 fully saturated rings. The molecule has 0 amide bonds. The van der Waals surface area contributed by atoms with Gasteiger partial charge in [-0.15, -0.1) is 6.58 Å². The highest BCUT2D eigenvalue weighted by atomic mass is 32.1. The summed E-state index contributed by atoms with van der Waals surface area (Å²) >= 11 is 1.24. The zero-order valence-corrected chi connectivity index (χ0v) is 27.9. The topological polar surface area (TPSA) is 88.4 Å². The van der Waals surface area contributed by atoms with Crippen molar-refractivity contribution in [3.63, 3.8) is 0 Å². The number of rotatable bonds is 12. The number of halogens is 1. The Morgan fingerprint density at radius 2 is 1.83 bits per heavy atom. The van der Waals surface area contributed by atoms with Crippen LogP contribution in [0.25, 0.3) is 6.08 Å². The van der Waals surface area contributed by atoms with Gasteiger partial charge >= 0.3 is 5.97 Å². The molecular weight excluding hydrogens is 619 g/mol. The van der Waals surface area contributed by atoms with Crippen LogP contribution < -0.4 is 29.1 Å². The molecule has 3 aromatic carbocycles. The van der Waals surface area contributed by atoms with E-state index in [0.717, 1.165) is 16.7 Å². The van der Waals surface area contributed by atoms with Gasteiger partial charge in [0.25, 0.3) is 5.56 Å². The van der Waals surface area contributed by atoms with Gasteiger partial charge < -0.3 is 18.9 Å². The third-order valence-corrected chi connectivity index (χ3v) is 8.42. The second-order valence-corrected chi connectivity index (χ2v) is 12.2. The number of ether oxygens (including phenoxy) is 4. The fourth-order valence-electron chi connectivity index (χ4n) is 5.35. The maximum atomic E-state index is 14.1. The van der Waals surface area contributed by atoms with Crippen LogP contribution in [0.3, 0.4) is 0 Å². The minimum Gasteiger partial charge on any atom is -0.493 e. The van der Waals surface area contributed by atoms with E-state index in [4.69, 9.17) is 18.9 Å². The van der Waals surface area contributed by atoms with Crippen molar-refractivity contribution in [3.05, 3.63) is 132 Å². The van der Waals surface area contributed by atoms with Gasteiger partial charge in [0, 0.05) is 0 Å². The first-order valence-corrected chi connectivity index (χ1v) is 16.1. The summed E-state index contributed by atoms with van der Waals surface area (Å²) in [5.74, 6) is 0.856. The Labute approximate surface area is 276 Å². The number of nitrogens with zero attached hydrogens (tertiary/aromatic N) is 2. The molecule has 1 atom stereocenters. The van der Waals surface area contributed by atoms with E-state index in [2.05, 4.69) is 11.6 Å². The molecule has 2 heterocycles. The highest BCUT2D eigenvalue weighted by Crippen LogP contribution is 2.36. The second-order valence-electron chi connectivity index (χ2n) is 11.2. The highest BCUT2D eigenvalue weighted by Gasteiger charge is 2.34. The minimum absolute atomic E-state index is 0.0768. The molecule has 8 nitrogen and oxygen atoms in total. The Hall–Kier alpha value is -4.96. The fourth-order valence-corrected chi connectivity index (χ4v) is 6.40. The van der Waals surface area contributed by atoms with Crippen LogP contribution in [-0.4, -0.2) is 30.4 Å². The Balaban J connectivity index is 1.58. The minimum atomic E-state index is -0.798. The first-order chi connectivity index (χ1) is 22.6. The van der Waals surface area contributed by atoms with Gasteiger partial charge in [-0.3, -0.25) is 9.36 Å². The largest absolute Gasteiger partial charge is 0.493 e. The van der Waals surface area contributed by atoms with Gasteiger partial charge in [-0.05, 0) is 98.8 Å². The Kier molecular flexibility index (Phi) is 10.4. The molecule has 0 saturated heterocycles. The molecule has 47 heavy (non-hydrogen) atoms. The van der Waals surface area contributed by atoms with Crippen LogP contribution in [0.1, 0.15) is 56.0 Å². The Morgan fingerprint density at radius 1 is 1.09 bits per heavy atom. The van der Waals surface area contributed by atoms with Crippen molar-refractivity contribution in [1.82, 2.24) is 4.57 Å². The average molecular weight is 657 g/mol. The number of carbonyl (C=O) groups excluding carboxylic acids is 1. The summed E-state index contributed by atoms with van der Waals surface area (Å²) in [5.41, 5.74) is 3.62. The average Bonchev–Trinajstić information content (AvgIpc) is 3.34. The molecule has 5 rings (SSSR count). The summed E-state index contributed by atoms with van der Waals surface area (Å²) in [6.07, 6.45) is 4.05. The van der Waals surface area contributed by atoms with Gasteiger partial charge in [0.05, 0.1) is 41.7 Å². The van der Waals surface area contributed by atoms with Gasteiger partial charge in [0.1, 0.15) is 18.2 Å². The number of hydrogen-bond donors (Lipinski definition) is 0. The number of aromatic nitrogens is 1.